The number of carboxylic acid groups (broad SMARTS) is 1. The number of rotatable bonds is 5. The third-order valence-corrected chi connectivity index (χ3v) is 5.00. The quantitative estimate of drug-likeness (QED) is 0.489. The molecule has 0 bridgehead atoms. The topological polar surface area (TPSA) is 126 Å². The van der Waals surface area contributed by atoms with Crippen molar-refractivity contribution < 1.29 is 39.4 Å². The summed E-state index contributed by atoms with van der Waals surface area (Å²) >= 11 is 0. The van der Waals surface area contributed by atoms with Crippen molar-refractivity contribution in [2.75, 3.05) is 6.61 Å². The first kappa shape index (κ1) is 19.5. The van der Waals surface area contributed by atoms with E-state index in [1.807, 2.05) is 12.2 Å². The number of fused-ring (bicyclic) bond motifs is 2. The third-order valence-electron chi connectivity index (χ3n) is 5.00. The summed E-state index contributed by atoms with van der Waals surface area (Å²) in [6.07, 6.45) is 3.81. The van der Waals surface area contributed by atoms with Crippen LogP contribution in [0.1, 0.15) is 25.7 Å². The Balaban J connectivity index is 1.68. The van der Waals surface area contributed by atoms with E-state index in [1.54, 1.807) is 6.08 Å². The summed E-state index contributed by atoms with van der Waals surface area (Å²) in [5.41, 5.74) is 0. The Labute approximate surface area is 151 Å². The highest BCUT2D eigenvalue weighted by Gasteiger charge is 2.49. The van der Waals surface area contributed by atoms with E-state index in [0.717, 1.165) is 0 Å². The molecule has 3 rings (SSSR count). The van der Waals surface area contributed by atoms with Crippen molar-refractivity contribution in [2.24, 2.45) is 0 Å². The maximum absolute atomic E-state index is 10.9. The summed E-state index contributed by atoms with van der Waals surface area (Å²) in [5.74, 6) is -0.930. The van der Waals surface area contributed by atoms with Gasteiger partial charge in [0.05, 0.1) is 43.5 Å². The van der Waals surface area contributed by atoms with Gasteiger partial charge in [-0.25, -0.2) is 0 Å². The van der Waals surface area contributed by atoms with Crippen molar-refractivity contribution >= 4 is 5.97 Å². The minimum absolute atomic E-state index is 0.100. The molecule has 0 amide bonds. The van der Waals surface area contributed by atoms with E-state index in [0.29, 0.717) is 19.3 Å². The van der Waals surface area contributed by atoms with Gasteiger partial charge in [0.25, 0.3) is 0 Å². The molecule has 146 valence electrons. The van der Waals surface area contributed by atoms with Crippen LogP contribution in [0.5, 0.6) is 0 Å². The average Bonchev–Trinajstić information content (AvgIpc) is 2.82. The lowest BCUT2D eigenvalue weighted by molar-refractivity contribution is -0.272. The molecule has 26 heavy (non-hydrogen) atoms. The standard InChI is InChI=1S/C18H26O8/c19-9-10(20)4-5-11-2-1-3-13-17(24-11)16(23)18-14(26-13)7-6-12(25-18)8-15(21)22/h1-2,4-5,10-14,16-20,23H,3,6-9H2,(H,21,22)/t10-,11-,12+,13+,14-,16-,17+,18-/m1/s1. The number of aliphatic hydroxyl groups is 3. The normalized spacial score (nSPS) is 41.3. The van der Waals surface area contributed by atoms with Crippen molar-refractivity contribution in [1.29, 1.82) is 0 Å². The lowest BCUT2D eigenvalue weighted by atomic mass is 9.88. The molecule has 0 radical (unpaired) electrons. The van der Waals surface area contributed by atoms with Gasteiger partial charge in [0.2, 0.25) is 0 Å². The molecule has 0 aromatic heterocycles. The first-order valence-corrected chi connectivity index (χ1v) is 8.98. The molecule has 0 aromatic carbocycles. The Bertz CT molecular complexity index is 547. The van der Waals surface area contributed by atoms with Crippen LogP contribution in [0, 0.1) is 0 Å². The number of aliphatic carboxylic acids is 1. The van der Waals surface area contributed by atoms with Crippen LogP contribution in [-0.2, 0) is 19.0 Å². The molecule has 0 saturated carbocycles. The lowest BCUT2D eigenvalue weighted by Crippen LogP contribution is -2.61. The first-order chi connectivity index (χ1) is 12.5. The van der Waals surface area contributed by atoms with E-state index < -0.39 is 42.6 Å². The van der Waals surface area contributed by atoms with Crippen LogP contribution in [0.3, 0.4) is 0 Å². The number of hydrogen-bond donors (Lipinski definition) is 4. The van der Waals surface area contributed by atoms with Crippen LogP contribution in [-0.4, -0.2) is 81.8 Å². The maximum atomic E-state index is 10.9. The van der Waals surface area contributed by atoms with Gasteiger partial charge in [0, 0.05) is 0 Å². The molecule has 8 atom stereocenters. The van der Waals surface area contributed by atoms with Crippen molar-refractivity contribution in [3.8, 4) is 0 Å². The van der Waals surface area contributed by atoms with Crippen LogP contribution in [0.15, 0.2) is 24.3 Å². The van der Waals surface area contributed by atoms with Crippen molar-refractivity contribution in [2.45, 2.75) is 74.5 Å². The van der Waals surface area contributed by atoms with E-state index in [9.17, 15) is 15.0 Å². The molecule has 3 heterocycles. The van der Waals surface area contributed by atoms with Crippen molar-refractivity contribution in [3.05, 3.63) is 24.3 Å². The summed E-state index contributed by atoms with van der Waals surface area (Å²) in [6.45, 7) is -0.382. The molecule has 3 aliphatic rings. The van der Waals surface area contributed by atoms with Gasteiger partial charge in [0.15, 0.2) is 0 Å². The predicted octanol–water partition coefficient (Wildman–Crippen LogP) is -0.240. The van der Waals surface area contributed by atoms with Gasteiger partial charge in [-0.15, -0.1) is 0 Å². The molecule has 2 saturated heterocycles. The van der Waals surface area contributed by atoms with Gasteiger partial charge in [-0.3, -0.25) is 4.79 Å². The molecule has 8 nitrogen and oxygen atoms in total. The highest BCUT2D eigenvalue weighted by atomic mass is 16.6. The van der Waals surface area contributed by atoms with E-state index in [4.69, 9.17) is 24.4 Å². The number of carbonyl (C=O) groups is 1. The Morgan fingerprint density at radius 3 is 2.69 bits per heavy atom. The van der Waals surface area contributed by atoms with Crippen LogP contribution in [0.2, 0.25) is 0 Å². The van der Waals surface area contributed by atoms with Gasteiger partial charge in [-0.05, 0) is 19.3 Å². The maximum Gasteiger partial charge on any atom is 0.305 e. The molecule has 3 aliphatic heterocycles. The minimum Gasteiger partial charge on any atom is -0.481 e. The van der Waals surface area contributed by atoms with E-state index in [1.165, 1.54) is 6.08 Å². The van der Waals surface area contributed by atoms with Crippen LogP contribution in [0.4, 0.5) is 0 Å². The number of ether oxygens (including phenoxy) is 3. The van der Waals surface area contributed by atoms with Gasteiger partial charge < -0.3 is 34.6 Å². The largest absolute Gasteiger partial charge is 0.481 e. The zero-order chi connectivity index (χ0) is 18.7. The number of aliphatic hydroxyl groups excluding tert-OH is 3. The summed E-state index contributed by atoms with van der Waals surface area (Å²) in [4.78, 5) is 10.9. The zero-order valence-corrected chi connectivity index (χ0v) is 14.4. The average molecular weight is 370 g/mol. The van der Waals surface area contributed by atoms with Gasteiger partial charge in [-0.1, -0.05) is 24.3 Å². The highest BCUT2D eigenvalue weighted by Crippen LogP contribution is 2.36. The second-order valence-electron chi connectivity index (χ2n) is 6.97. The number of carboxylic acids is 1. The van der Waals surface area contributed by atoms with Crippen LogP contribution in [0.25, 0.3) is 0 Å². The molecule has 0 unspecified atom stereocenters. The lowest BCUT2D eigenvalue weighted by Gasteiger charge is -2.48. The summed E-state index contributed by atoms with van der Waals surface area (Å²) in [5, 5.41) is 38.1. The van der Waals surface area contributed by atoms with E-state index >= 15 is 0 Å². The van der Waals surface area contributed by atoms with Gasteiger partial charge in [0.1, 0.15) is 18.3 Å². The molecule has 0 aromatic rings. The number of hydrogen-bond acceptors (Lipinski definition) is 7. The first-order valence-electron chi connectivity index (χ1n) is 8.98. The van der Waals surface area contributed by atoms with Crippen LogP contribution < -0.4 is 0 Å². The molecule has 4 N–H and O–H groups in total. The predicted molar refractivity (Wildman–Crippen MR) is 89.5 cm³/mol. The fourth-order valence-corrected chi connectivity index (χ4v) is 3.73. The van der Waals surface area contributed by atoms with E-state index in [-0.39, 0.29) is 25.2 Å². The Morgan fingerprint density at radius 2 is 1.96 bits per heavy atom. The Hall–Kier alpha value is -1.29. The summed E-state index contributed by atoms with van der Waals surface area (Å²) in [6, 6.07) is 0. The fraction of sp³-hybridized carbons (Fsp3) is 0.722. The summed E-state index contributed by atoms with van der Waals surface area (Å²) in [7, 11) is 0. The third kappa shape index (κ3) is 4.51. The van der Waals surface area contributed by atoms with Crippen LogP contribution >= 0.6 is 0 Å². The molecule has 0 spiro atoms. The Kier molecular flexibility index (Phi) is 6.44. The van der Waals surface area contributed by atoms with Crippen molar-refractivity contribution in [3.63, 3.8) is 0 Å². The van der Waals surface area contributed by atoms with E-state index in [2.05, 4.69) is 0 Å². The molecular weight excluding hydrogens is 344 g/mol. The molecule has 0 aliphatic carbocycles. The van der Waals surface area contributed by atoms with Gasteiger partial charge in [-0.2, -0.15) is 0 Å². The monoisotopic (exact) mass is 370 g/mol. The molecular formula is C18H26O8. The summed E-state index contributed by atoms with van der Waals surface area (Å²) < 4.78 is 17.8. The molecule has 2 fully saturated rings. The van der Waals surface area contributed by atoms with Crippen molar-refractivity contribution in [1.82, 2.24) is 0 Å². The Morgan fingerprint density at radius 1 is 1.19 bits per heavy atom. The second-order valence-corrected chi connectivity index (χ2v) is 6.97. The zero-order valence-electron chi connectivity index (χ0n) is 14.4. The fourth-order valence-electron chi connectivity index (χ4n) is 3.73. The smallest absolute Gasteiger partial charge is 0.305 e. The highest BCUT2D eigenvalue weighted by molar-refractivity contribution is 5.67. The minimum atomic E-state index is -0.971. The second kappa shape index (κ2) is 8.60. The molecule has 8 heteroatoms. The SMILES string of the molecule is O=C(O)C[C@@H]1CC[C@H]2O[C@H]3CC=C[C@H](C=C[C@@H](O)CO)O[C@@H]3[C@@H](O)[C@@H]2O1. The van der Waals surface area contributed by atoms with Gasteiger partial charge >= 0.3 is 5.97 Å².